The Morgan fingerprint density at radius 1 is 1.09 bits per heavy atom. The SMILES string of the molecule is C[C@]1(N2CCc3c(-c4cnc(N)nc4)nc(N4CCOCC4)nc32)CCN(S(N)(=O)=O)C1. The summed E-state index contributed by atoms with van der Waals surface area (Å²) in [5.41, 5.74) is 7.83. The molecule has 32 heavy (non-hydrogen) atoms. The largest absolute Gasteiger partial charge is 0.378 e. The Balaban J connectivity index is 1.58. The number of nitrogens with two attached hydrogens (primary N) is 2. The van der Waals surface area contributed by atoms with E-state index < -0.39 is 15.7 Å². The molecule has 0 aromatic carbocycles. The van der Waals surface area contributed by atoms with Gasteiger partial charge in [0.25, 0.3) is 10.2 Å². The fraction of sp³-hybridized carbons (Fsp3) is 0.579. The van der Waals surface area contributed by atoms with Gasteiger partial charge in [-0.2, -0.15) is 17.7 Å². The molecule has 2 aromatic rings. The van der Waals surface area contributed by atoms with E-state index in [-0.39, 0.29) is 5.95 Å². The normalized spacial score (nSPS) is 24.2. The first-order valence-electron chi connectivity index (χ1n) is 10.6. The van der Waals surface area contributed by atoms with Gasteiger partial charge in [-0.1, -0.05) is 0 Å². The van der Waals surface area contributed by atoms with Crippen molar-refractivity contribution in [2.24, 2.45) is 5.14 Å². The number of aromatic nitrogens is 4. The number of ether oxygens (including phenoxy) is 1. The lowest BCUT2D eigenvalue weighted by Crippen LogP contribution is -2.49. The smallest absolute Gasteiger partial charge is 0.276 e. The van der Waals surface area contributed by atoms with E-state index in [1.165, 1.54) is 4.31 Å². The molecule has 5 rings (SSSR count). The van der Waals surface area contributed by atoms with E-state index in [1.807, 2.05) is 0 Å². The molecule has 13 heteroatoms. The third-order valence-corrected chi connectivity index (χ3v) is 7.51. The van der Waals surface area contributed by atoms with Crippen LogP contribution in [-0.2, 0) is 21.4 Å². The Kier molecular flexibility index (Phi) is 5.15. The minimum atomic E-state index is -3.74. The maximum atomic E-state index is 11.9. The second-order valence-corrected chi connectivity index (χ2v) is 10.2. The third kappa shape index (κ3) is 3.74. The predicted octanol–water partition coefficient (Wildman–Crippen LogP) is -0.617. The molecule has 0 spiro atoms. The molecule has 3 aliphatic heterocycles. The Bertz CT molecular complexity index is 1120. The molecule has 2 fully saturated rings. The van der Waals surface area contributed by atoms with Gasteiger partial charge in [-0.05, 0) is 19.8 Å². The third-order valence-electron chi connectivity index (χ3n) is 6.48. The topological polar surface area (TPSA) is 157 Å². The molecular weight excluding hydrogens is 434 g/mol. The molecule has 172 valence electrons. The van der Waals surface area contributed by atoms with Crippen LogP contribution in [0.5, 0.6) is 0 Å². The van der Waals surface area contributed by atoms with Crippen molar-refractivity contribution < 1.29 is 13.2 Å². The number of rotatable bonds is 4. The van der Waals surface area contributed by atoms with Crippen LogP contribution < -0.4 is 20.7 Å². The summed E-state index contributed by atoms with van der Waals surface area (Å²) in [5, 5.41) is 5.40. The molecule has 3 aliphatic rings. The highest BCUT2D eigenvalue weighted by Gasteiger charge is 2.45. The zero-order valence-corrected chi connectivity index (χ0v) is 18.8. The van der Waals surface area contributed by atoms with Crippen molar-refractivity contribution in [3.63, 3.8) is 0 Å². The van der Waals surface area contributed by atoms with Crippen molar-refractivity contribution in [2.75, 3.05) is 61.5 Å². The van der Waals surface area contributed by atoms with Crippen LogP contribution >= 0.6 is 0 Å². The Morgan fingerprint density at radius 3 is 2.47 bits per heavy atom. The van der Waals surface area contributed by atoms with Gasteiger partial charge in [0.2, 0.25) is 11.9 Å². The number of anilines is 3. The zero-order valence-electron chi connectivity index (χ0n) is 17.9. The summed E-state index contributed by atoms with van der Waals surface area (Å²) >= 11 is 0. The molecule has 0 aliphatic carbocycles. The van der Waals surface area contributed by atoms with Gasteiger partial charge in [-0.3, -0.25) is 0 Å². The van der Waals surface area contributed by atoms with E-state index in [4.69, 9.17) is 25.6 Å². The lowest BCUT2D eigenvalue weighted by molar-refractivity contribution is 0.122. The van der Waals surface area contributed by atoms with E-state index in [1.54, 1.807) is 12.4 Å². The van der Waals surface area contributed by atoms with E-state index in [0.717, 1.165) is 29.1 Å². The fourth-order valence-corrected chi connectivity index (χ4v) is 5.52. The van der Waals surface area contributed by atoms with E-state index >= 15 is 0 Å². The number of hydrogen-bond donors (Lipinski definition) is 2. The van der Waals surface area contributed by atoms with Crippen molar-refractivity contribution in [2.45, 2.75) is 25.3 Å². The molecule has 2 aromatic heterocycles. The summed E-state index contributed by atoms with van der Waals surface area (Å²) in [6, 6.07) is 0. The summed E-state index contributed by atoms with van der Waals surface area (Å²) in [7, 11) is -3.74. The molecule has 5 heterocycles. The quantitative estimate of drug-likeness (QED) is 0.601. The first-order valence-corrected chi connectivity index (χ1v) is 12.1. The summed E-state index contributed by atoms with van der Waals surface area (Å²) < 4.78 is 30.7. The van der Waals surface area contributed by atoms with Crippen LogP contribution in [0.3, 0.4) is 0 Å². The molecule has 2 saturated heterocycles. The van der Waals surface area contributed by atoms with E-state index in [9.17, 15) is 8.42 Å². The van der Waals surface area contributed by atoms with Gasteiger partial charge in [0, 0.05) is 56.2 Å². The van der Waals surface area contributed by atoms with Crippen molar-refractivity contribution in [3.05, 3.63) is 18.0 Å². The lowest BCUT2D eigenvalue weighted by Gasteiger charge is -2.37. The minimum Gasteiger partial charge on any atom is -0.378 e. The number of nitrogens with zero attached hydrogens (tertiary/aromatic N) is 7. The Morgan fingerprint density at radius 2 is 1.81 bits per heavy atom. The second-order valence-electron chi connectivity index (χ2n) is 8.63. The van der Waals surface area contributed by atoms with Crippen LogP contribution in [0.4, 0.5) is 17.7 Å². The van der Waals surface area contributed by atoms with Gasteiger partial charge in [0.15, 0.2) is 0 Å². The Labute approximate surface area is 186 Å². The van der Waals surface area contributed by atoms with Gasteiger partial charge in [0.1, 0.15) is 5.82 Å². The molecule has 0 saturated carbocycles. The van der Waals surface area contributed by atoms with Gasteiger partial charge in [-0.15, -0.1) is 0 Å². The molecule has 4 N–H and O–H groups in total. The lowest BCUT2D eigenvalue weighted by atomic mass is 9.99. The standard InChI is InChI=1S/C19H27N9O3S/c1-19(3-5-27(12-19)32(21,29)30)28-4-2-14-15(13-10-22-17(20)23-11-13)24-18(25-16(14)28)26-6-8-31-9-7-26/h10-11H,2-9,12H2,1H3,(H2,20,22,23)(H2,21,29,30)/t19-/m0/s1. The number of nitrogen functional groups attached to an aromatic ring is 1. The summed E-state index contributed by atoms with van der Waals surface area (Å²) in [4.78, 5) is 22.5. The van der Waals surface area contributed by atoms with Crippen molar-refractivity contribution in [1.29, 1.82) is 0 Å². The predicted molar refractivity (Wildman–Crippen MR) is 119 cm³/mol. The van der Waals surface area contributed by atoms with Gasteiger partial charge < -0.3 is 20.3 Å². The van der Waals surface area contributed by atoms with E-state index in [0.29, 0.717) is 58.3 Å². The summed E-state index contributed by atoms with van der Waals surface area (Å²) in [6.45, 7) is 6.13. The molecule has 12 nitrogen and oxygen atoms in total. The monoisotopic (exact) mass is 461 g/mol. The number of fused-ring (bicyclic) bond motifs is 1. The van der Waals surface area contributed by atoms with Gasteiger partial charge >= 0.3 is 0 Å². The molecular formula is C19H27N9O3S. The van der Waals surface area contributed by atoms with Crippen LogP contribution in [0.2, 0.25) is 0 Å². The van der Waals surface area contributed by atoms with Crippen molar-refractivity contribution >= 4 is 27.9 Å². The molecule has 0 radical (unpaired) electrons. The van der Waals surface area contributed by atoms with Crippen molar-refractivity contribution in [1.82, 2.24) is 24.2 Å². The average Bonchev–Trinajstić information content (AvgIpc) is 3.39. The fourth-order valence-electron chi connectivity index (χ4n) is 4.71. The minimum absolute atomic E-state index is 0.205. The highest BCUT2D eigenvalue weighted by Crippen LogP contribution is 2.41. The van der Waals surface area contributed by atoms with Crippen LogP contribution in [0, 0.1) is 0 Å². The highest BCUT2D eigenvalue weighted by atomic mass is 32.2. The Hall–Kier alpha value is -2.61. The highest BCUT2D eigenvalue weighted by molar-refractivity contribution is 7.86. The molecule has 0 bridgehead atoms. The first-order chi connectivity index (χ1) is 15.2. The number of morpholine rings is 1. The first kappa shape index (κ1) is 21.2. The second kappa shape index (κ2) is 7.76. The van der Waals surface area contributed by atoms with Crippen LogP contribution in [0.25, 0.3) is 11.3 Å². The zero-order chi connectivity index (χ0) is 22.5. The average molecular weight is 462 g/mol. The van der Waals surface area contributed by atoms with Crippen LogP contribution in [0.15, 0.2) is 12.4 Å². The summed E-state index contributed by atoms with van der Waals surface area (Å²) in [5.74, 6) is 1.65. The summed E-state index contributed by atoms with van der Waals surface area (Å²) in [6.07, 6.45) is 4.76. The van der Waals surface area contributed by atoms with Gasteiger partial charge in [0.05, 0.1) is 24.4 Å². The van der Waals surface area contributed by atoms with Crippen LogP contribution in [-0.4, -0.2) is 84.1 Å². The maximum absolute atomic E-state index is 11.9. The van der Waals surface area contributed by atoms with Crippen molar-refractivity contribution in [3.8, 4) is 11.3 Å². The molecule has 1 atom stereocenters. The van der Waals surface area contributed by atoms with E-state index in [2.05, 4.69) is 26.7 Å². The van der Waals surface area contributed by atoms with Crippen LogP contribution in [0.1, 0.15) is 18.9 Å². The molecule has 0 unspecified atom stereocenters. The number of hydrogen-bond acceptors (Lipinski definition) is 10. The molecule has 0 amide bonds. The van der Waals surface area contributed by atoms with Gasteiger partial charge in [-0.25, -0.2) is 20.1 Å². The maximum Gasteiger partial charge on any atom is 0.276 e.